The SMILES string of the molecule is O=C(C1CCC1)N1C[C@H](CN2CCC(c3ccccc3)CC2)[C@@H](c2ccccc2)C1. The Hall–Kier alpha value is -2.13. The fraction of sp³-hybridized carbons (Fsp3) is 0.519. The van der Waals surface area contributed by atoms with Gasteiger partial charge in [0.15, 0.2) is 0 Å². The van der Waals surface area contributed by atoms with E-state index in [-0.39, 0.29) is 0 Å². The van der Waals surface area contributed by atoms with E-state index in [1.165, 1.54) is 43.5 Å². The van der Waals surface area contributed by atoms with E-state index in [0.717, 1.165) is 32.5 Å². The molecular formula is C27H34N2O. The maximum absolute atomic E-state index is 13.0. The van der Waals surface area contributed by atoms with Crippen LogP contribution in [-0.4, -0.2) is 48.4 Å². The van der Waals surface area contributed by atoms with Crippen LogP contribution in [0.5, 0.6) is 0 Å². The molecular weight excluding hydrogens is 368 g/mol. The van der Waals surface area contributed by atoms with Crippen molar-refractivity contribution in [2.75, 3.05) is 32.7 Å². The molecule has 0 spiro atoms. The molecule has 158 valence electrons. The Balaban J connectivity index is 1.24. The Labute approximate surface area is 181 Å². The summed E-state index contributed by atoms with van der Waals surface area (Å²) in [5.74, 6) is 2.45. The standard InChI is InChI=1S/C27H34N2O/c30-27(24-12-7-13-24)29-19-25(26(20-29)23-10-5-2-6-11-23)18-28-16-14-22(15-17-28)21-8-3-1-4-9-21/h1-6,8-11,22,24-26H,7,12-20H2/t25-,26+/m0/s1. The Morgan fingerprint density at radius 3 is 2.03 bits per heavy atom. The zero-order valence-electron chi connectivity index (χ0n) is 18.0. The van der Waals surface area contributed by atoms with Crippen molar-refractivity contribution >= 4 is 5.91 Å². The van der Waals surface area contributed by atoms with E-state index in [9.17, 15) is 4.79 Å². The van der Waals surface area contributed by atoms with Gasteiger partial charge >= 0.3 is 0 Å². The van der Waals surface area contributed by atoms with Gasteiger partial charge in [0.1, 0.15) is 0 Å². The number of rotatable bonds is 5. The smallest absolute Gasteiger partial charge is 0.225 e. The molecule has 1 saturated carbocycles. The van der Waals surface area contributed by atoms with Crippen LogP contribution in [0.2, 0.25) is 0 Å². The Kier molecular flexibility index (Phi) is 5.90. The molecule has 0 unspecified atom stereocenters. The maximum atomic E-state index is 13.0. The van der Waals surface area contributed by atoms with Gasteiger partial charge in [0.05, 0.1) is 0 Å². The lowest BCUT2D eigenvalue weighted by Crippen LogP contribution is -2.40. The zero-order chi connectivity index (χ0) is 20.3. The van der Waals surface area contributed by atoms with Crippen LogP contribution in [0.15, 0.2) is 60.7 Å². The second-order valence-electron chi connectivity index (χ2n) is 9.63. The molecule has 0 N–H and O–H groups in total. The highest BCUT2D eigenvalue weighted by atomic mass is 16.2. The quantitative estimate of drug-likeness (QED) is 0.710. The van der Waals surface area contributed by atoms with Crippen molar-refractivity contribution in [1.29, 1.82) is 0 Å². The van der Waals surface area contributed by atoms with Gasteiger partial charge in [0, 0.05) is 31.5 Å². The zero-order valence-corrected chi connectivity index (χ0v) is 18.0. The minimum Gasteiger partial charge on any atom is -0.341 e. The number of benzene rings is 2. The van der Waals surface area contributed by atoms with Crippen LogP contribution in [0.25, 0.3) is 0 Å². The van der Waals surface area contributed by atoms with E-state index in [1.807, 2.05) is 0 Å². The van der Waals surface area contributed by atoms with E-state index < -0.39 is 0 Å². The number of hydrogen-bond donors (Lipinski definition) is 0. The fourth-order valence-corrected chi connectivity index (χ4v) is 5.73. The third-order valence-corrected chi connectivity index (χ3v) is 7.79. The van der Waals surface area contributed by atoms with Gasteiger partial charge in [-0.25, -0.2) is 0 Å². The van der Waals surface area contributed by atoms with Crippen LogP contribution in [-0.2, 0) is 4.79 Å². The number of piperidine rings is 1. The van der Waals surface area contributed by atoms with Crippen molar-refractivity contribution in [2.24, 2.45) is 11.8 Å². The largest absolute Gasteiger partial charge is 0.341 e. The average molecular weight is 403 g/mol. The summed E-state index contributed by atoms with van der Waals surface area (Å²) in [6.07, 6.45) is 5.92. The summed E-state index contributed by atoms with van der Waals surface area (Å²) in [6, 6.07) is 21.9. The average Bonchev–Trinajstić information content (AvgIpc) is 3.18. The van der Waals surface area contributed by atoms with Crippen LogP contribution in [0, 0.1) is 11.8 Å². The van der Waals surface area contributed by atoms with Gasteiger partial charge < -0.3 is 9.80 Å². The highest BCUT2D eigenvalue weighted by Crippen LogP contribution is 2.37. The normalized spacial score (nSPS) is 25.9. The molecule has 3 fully saturated rings. The van der Waals surface area contributed by atoms with Crippen molar-refractivity contribution in [2.45, 2.75) is 43.9 Å². The Morgan fingerprint density at radius 2 is 1.43 bits per heavy atom. The van der Waals surface area contributed by atoms with Crippen LogP contribution in [0.4, 0.5) is 0 Å². The molecule has 2 heterocycles. The second kappa shape index (κ2) is 8.93. The summed E-state index contributed by atoms with van der Waals surface area (Å²) in [6.45, 7) is 5.32. The van der Waals surface area contributed by atoms with Crippen molar-refractivity contribution in [3.63, 3.8) is 0 Å². The van der Waals surface area contributed by atoms with Crippen molar-refractivity contribution in [3.8, 4) is 0 Å². The van der Waals surface area contributed by atoms with Crippen LogP contribution < -0.4 is 0 Å². The van der Waals surface area contributed by atoms with E-state index >= 15 is 0 Å². The summed E-state index contributed by atoms with van der Waals surface area (Å²) in [5.41, 5.74) is 2.91. The van der Waals surface area contributed by atoms with Gasteiger partial charge in [-0.2, -0.15) is 0 Å². The molecule has 2 aromatic carbocycles. The molecule has 30 heavy (non-hydrogen) atoms. The highest BCUT2D eigenvalue weighted by Gasteiger charge is 2.40. The lowest BCUT2D eigenvalue weighted by molar-refractivity contribution is -0.137. The van der Waals surface area contributed by atoms with E-state index in [0.29, 0.717) is 29.6 Å². The van der Waals surface area contributed by atoms with E-state index in [4.69, 9.17) is 0 Å². The first-order valence-electron chi connectivity index (χ1n) is 11.9. The molecule has 0 radical (unpaired) electrons. The summed E-state index contributed by atoms with van der Waals surface area (Å²) < 4.78 is 0. The third kappa shape index (κ3) is 4.18. The number of carbonyl (C=O) groups is 1. The van der Waals surface area contributed by atoms with Gasteiger partial charge in [-0.15, -0.1) is 0 Å². The van der Waals surface area contributed by atoms with Crippen LogP contribution in [0.1, 0.15) is 55.1 Å². The highest BCUT2D eigenvalue weighted by molar-refractivity contribution is 5.80. The molecule has 2 aromatic rings. The Bertz CT molecular complexity index is 824. The molecule has 2 atom stereocenters. The lowest BCUT2D eigenvalue weighted by Gasteiger charge is -2.35. The molecule has 3 heteroatoms. The summed E-state index contributed by atoms with van der Waals surface area (Å²) in [5, 5.41) is 0. The molecule has 0 bridgehead atoms. The number of hydrogen-bond acceptors (Lipinski definition) is 2. The lowest BCUT2D eigenvalue weighted by atomic mass is 9.84. The van der Waals surface area contributed by atoms with Crippen molar-refractivity contribution < 1.29 is 4.79 Å². The van der Waals surface area contributed by atoms with Gasteiger partial charge in [0.2, 0.25) is 5.91 Å². The molecule has 1 aliphatic carbocycles. The fourth-order valence-electron chi connectivity index (χ4n) is 5.73. The predicted molar refractivity (Wildman–Crippen MR) is 121 cm³/mol. The van der Waals surface area contributed by atoms with Gasteiger partial charge in [0.25, 0.3) is 0 Å². The topological polar surface area (TPSA) is 23.6 Å². The first kappa shape index (κ1) is 19.8. The minimum absolute atomic E-state index is 0.307. The monoisotopic (exact) mass is 402 g/mol. The molecule has 3 nitrogen and oxygen atoms in total. The van der Waals surface area contributed by atoms with E-state index in [2.05, 4.69) is 70.5 Å². The number of carbonyl (C=O) groups excluding carboxylic acids is 1. The molecule has 2 saturated heterocycles. The molecule has 3 aliphatic rings. The molecule has 5 rings (SSSR count). The summed E-state index contributed by atoms with van der Waals surface area (Å²) >= 11 is 0. The molecule has 0 aromatic heterocycles. The van der Waals surface area contributed by atoms with Gasteiger partial charge in [-0.3, -0.25) is 4.79 Å². The third-order valence-electron chi connectivity index (χ3n) is 7.79. The first-order valence-corrected chi connectivity index (χ1v) is 11.9. The number of amides is 1. The Morgan fingerprint density at radius 1 is 0.800 bits per heavy atom. The molecule has 2 aliphatic heterocycles. The van der Waals surface area contributed by atoms with Gasteiger partial charge in [-0.1, -0.05) is 67.1 Å². The predicted octanol–water partition coefficient (Wildman–Crippen LogP) is 4.91. The minimum atomic E-state index is 0.307. The van der Waals surface area contributed by atoms with Crippen molar-refractivity contribution in [3.05, 3.63) is 71.8 Å². The molecule has 1 amide bonds. The van der Waals surface area contributed by atoms with Crippen LogP contribution in [0.3, 0.4) is 0 Å². The number of nitrogens with zero attached hydrogens (tertiary/aromatic N) is 2. The first-order chi connectivity index (χ1) is 14.8. The number of likely N-dealkylation sites (tertiary alicyclic amines) is 2. The van der Waals surface area contributed by atoms with E-state index in [1.54, 1.807) is 0 Å². The van der Waals surface area contributed by atoms with Gasteiger partial charge in [-0.05, 0) is 61.7 Å². The summed E-state index contributed by atoms with van der Waals surface area (Å²) in [4.78, 5) is 17.8. The summed E-state index contributed by atoms with van der Waals surface area (Å²) in [7, 11) is 0. The van der Waals surface area contributed by atoms with Crippen LogP contribution >= 0.6 is 0 Å². The maximum Gasteiger partial charge on any atom is 0.225 e. The van der Waals surface area contributed by atoms with Crippen molar-refractivity contribution in [1.82, 2.24) is 9.80 Å². The second-order valence-corrected chi connectivity index (χ2v) is 9.63.